The molecule has 4 aliphatic carbocycles. The van der Waals surface area contributed by atoms with Crippen molar-refractivity contribution in [1.29, 1.82) is 0 Å². The van der Waals surface area contributed by atoms with Crippen molar-refractivity contribution in [3.63, 3.8) is 0 Å². The van der Waals surface area contributed by atoms with E-state index in [1.165, 1.54) is 32.1 Å². The first kappa shape index (κ1) is 28.9. The molecule has 0 aromatic heterocycles. The third-order valence-corrected chi connectivity index (χ3v) is 8.44. The van der Waals surface area contributed by atoms with E-state index in [1.54, 1.807) is 0 Å². The SMILES string of the molecule is NC(=O)CC[C@H](N)C(=O)N[C@@H](CCCCNC(=O)OC1C2CC3CC(C2)CC1C3)C(=O)OCc1ccccc1. The molecule has 4 fully saturated rings. The van der Waals surface area contributed by atoms with Crippen LogP contribution >= 0.6 is 0 Å². The van der Waals surface area contributed by atoms with Gasteiger partial charge in [-0.1, -0.05) is 30.3 Å². The van der Waals surface area contributed by atoms with Crippen LogP contribution < -0.4 is 22.1 Å². The maximum Gasteiger partial charge on any atom is 0.407 e. The van der Waals surface area contributed by atoms with E-state index in [1.807, 2.05) is 30.3 Å². The van der Waals surface area contributed by atoms with Crippen molar-refractivity contribution in [3.05, 3.63) is 35.9 Å². The van der Waals surface area contributed by atoms with Crippen LogP contribution in [0.3, 0.4) is 0 Å². The minimum Gasteiger partial charge on any atom is -0.459 e. The molecular formula is C29H42N4O6. The number of rotatable bonds is 14. The molecule has 6 N–H and O–H groups in total. The van der Waals surface area contributed by atoms with Gasteiger partial charge in [0, 0.05) is 13.0 Å². The molecule has 5 rings (SSSR count). The Labute approximate surface area is 229 Å². The summed E-state index contributed by atoms with van der Waals surface area (Å²) < 4.78 is 11.3. The fourth-order valence-electron chi connectivity index (χ4n) is 6.68. The van der Waals surface area contributed by atoms with Crippen LogP contribution in [0.4, 0.5) is 4.79 Å². The number of unbranched alkanes of at least 4 members (excludes halogenated alkanes) is 1. The van der Waals surface area contributed by atoms with E-state index >= 15 is 0 Å². The summed E-state index contributed by atoms with van der Waals surface area (Å²) in [5.74, 6) is 0.993. The van der Waals surface area contributed by atoms with Gasteiger partial charge in [-0.25, -0.2) is 9.59 Å². The van der Waals surface area contributed by atoms with Crippen LogP contribution in [0.1, 0.15) is 69.8 Å². The molecule has 0 radical (unpaired) electrons. The molecule has 4 bridgehead atoms. The Morgan fingerprint density at radius 3 is 2.23 bits per heavy atom. The van der Waals surface area contributed by atoms with Gasteiger partial charge in [-0.2, -0.15) is 0 Å². The average Bonchev–Trinajstić information content (AvgIpc) is 2.91. The van der Waals surface area contributed by atoms with Crippen molar-refractivity contribution >= 4 is 23.9 Å². The van der Waals surface area contributed by atoms with Crippen LogP contribution in [0.15, 0.2) is 30.3 Å². The number of carbonyl (C=O) groups is 4. The summed E-state index contributed by atoms with van der Waals surface area (Å²) in [6.45, 7) is 0.488. The molecule has 214 valence electrons. The van der Waals surface area contributed by atoms with Gasteiger partial charge >= 0.3 is 12.1 Å². The minimum absolute atomic E-state index is 0.0248. The summed E-state index contributed by atoms with van der Waals surface area (Å²) >= 11 is 0. The molecule has 0 heterocycles. The second-order valence-corrected chi connectivity index (χ2v) is 11.5. The van der Waals surface area contributed by atoms with Gasteiger partial charge in [-0.15, -0.1) is 0 Å². The van der Waals surface area contributed by atoms with E-state index in [9.17, 15) is 19.2 Å². The first-order valence-corrected chi connectivity index (χ1v) is 14.3. The predicted octanol–water partition coefficient (Wildman–Crippen LogP) is 2.53. The Bertz CT molecular complexity index is 975. The Kier molecular flexibility index (Phi) is 10.2. The van der Waals surface area contributed by atoms with Crippen molar-refractivity contribution in [3.8, 4) is 0 Å². The Balaban J connectivity index is 1.20. The van der Waals surface area contributed by atoms with Gasteiger partial charge in [0.25, 0.3) is 0 Å². The van der Waals surface area contributed by atoms with E-state index in [4.69, 9.17) is 20.9 Å². The number of ether oxygens (including phenoxy) is 2. The molecule has 0 spiro atoms. The van der Waals surface area contributed by atoms with Gasteiger partial charge in [0.2, 0.25) is 11.8 Å². The molecule has 4 aliphatic rings. The second kappa shape index (κ2) is 13.8. The van der Waals surface area contributed by atoms with Crippen LogP contribution in [0, 0.1) is 23.7 Å². The normalized spacial score (nSPS) is 26.3. The molecular weight excluding hydrogens is 500 g/mol. The molecule has 39 heavy (non-hydrogen) atoms. The van der Waals surface area contributed by atoms with Gasteiger partial charge in [0.15, 0.2) is 0 Å². The van der Waals surface area contributed by atoms with Crippen molar-refractivity contribution in [2.24, 2.45) is 35.1 Å². The smallest absolute Gasteiger partial charge is 0.407 e. The highest BCUT2D eigenvalue weighted by Crippen LogP contribution is 2.54. The number of alkyl carbamates (subject to hydrolysis) is 1. The minimum atomic E-state index is -0.969. The van der Waals surface area contributed by atoms with Crippen LogP contribution in [0.2, 0.25) is 0 Å². The van der Waals surface area contributed by atoms with Crippen LogP contribution in [-0.4, -0.2) is 48.6 Å². The summed E-state index contributed by atoms with van der Waals surface area (Å²) in [5.41, 5.74) is 11.8. The monoisotopic (exact) mass is 542 g/mol. The highest BCUT2D eigenvalue weighted by atomic mass is 16.6. The number of nitrogens with one attached hydrogen (secondary N) is 2. The van der Waals surface area contributed by atoms with E-state index in [0.29, 0.717) is 37.6 Å². The highest BCUT2D eigenvalue weighted by molar-refractivity contribution is 5.87. The third-order valence-electron chi connectivity index (χ3n) is 8.44. The summed E-state index contributed by atoms with van der Waals surface area (Å²) in [6.07, 6.45) is 7.29. The van der Waals surface area contributed by atoms with Crippen molar-refractivity contribution in [1.82, 2.24) is 10.6 Å². The summed E-state index contributed by atoms with van der Waals surface area (Å²) in [5, 5.41) is 5.51. The molecule has 1 aromatic rings. The number of primary amides is 1. The fraction of sp³-hybridized carbons (Fsp3) is 0.655. The summed E-state index contributed by atoms with van der Waals surface area (Å²) in [4.78, 5) is 48.9. The molecule has 10 heteroatoms. The van der Waals surface area contributed by atoms with Crippen molar-refractivity contribution < 1.29 is 28.7 Å². The predicted molar refractivity (Wildman–Crippen MR) is 144 cm³/mol. The standard InChI is InChI=1S/C29H42N4O6/c30-23(9-10-25(31)34)27(35)33-24(28(36)38-17-18-6-2-1-3-7-18)8-4-5-11-32-29(37)39-26-21-13-19-12-20(15-21)16-22(26)14-19/h1-3,6-7,19-24,26H,4-5,8-17,30H2,(H2,31,34)(H,32,37)(H,33,35)/t19?,20?,21?,22?,23-,24-,26?/m0/s1. The molecule has 10 nitrogen and oxygen atoms in total. The lowest BCUT2D eigenvalue weighted by molar-refractivity contribution is -0.149. The third kappa shape index (κ3) is 8.42. The first-order chi connectivity index (χ1) is 18.8. The molecule has 1 aromatic carbocycles. The van der Waals surface area contributed by atoms with E-state index in [2.05, 4.69) is 10.6 Å². The number of benzene rings is 1. The highest BCUT2D eigenvalue weighted by Gasteiger charge is 2.49. The number of esters is 1. The number of hydrogen-bond donors (Lipinski definition) is 4. The molecule has 0 unspecified atom stereocenters. The average molecular weight is 543 g/mol. The van der Waals surface area contributed by atoms with Gasteiger partial charge in [-0.05, 0) is 87.0 Å². The lowest BCUT2D eigenvalue weighted by atomic mass is 9.55. The quantitative estimate of drug-likeness (QED) is 0.207. The Morgan fingerprint density at radius 2 is 1.59 bits per heavy atom. The van der Waals surface area contributed by atoms with Gasteiger partial charge < -0.3 is 31.6 Å². The molecule has 0 saturated heterocycles. The summed E-state index contributed by atoms with van der Waals surface area (Å²) in [6, 6.07) is 7.38. The number of nitrogens with two attached hydrogens (primary N) is 2. The zero-order valence-electron chi connectivity index (χ0n) is 22.5. The van der Waals surface area contributed by atoms with E-state index < -0.39 is 29.9 Å². The molecule has 2 atom stereocenters. The van der Waals surface area contributed by atoms with E-state index in [0.717, 1.165) is 17.4 Å². The topological polar surface area (TPSA) is 163 Å². The Hall–Kier alpha value is -3.14. The largest absolute Gasteiger partial charge is 0.459 e. The van der Waals surface area contributed by atoms with Gasteiger partial charge in [-0.3, -0.25) is 9.59 Å². The number of amides is 3. The lowest BCUT2D eigenvalue weighted by Crippen LogP contribution is -2.51. The molecule has 0 aliphatic heterocycles. The van der Waals surface area contributed by atoms with Crippen LogP contribution in [0.25, 0.3) is 0 Å². The Morgan fingerprint density at radius 1 is 0.923 bits per heavy atom. The molecule has 4 saturated carbocycles. The fourth-order valence-corrected chi connectivity index (χ4v) is 6.68. The van der Waals surface area contributed by atoms with E-state index in [-0.39, 0.29) is 31.6 Å². The van der Waals surface area contributed by atoms with Gasteiger partial charge in [0.1, 0.15) is 18.8 Å². The number of hydrogen-bond acceptors (Lipinski definition) is 7. The first-order valence-electron chi connectivity index (χ1n) is 14.3. The van der Waals surface area contributed by atoms with Crippen LogP contribution in [0.5, 0.6) is 0 Å². The maximum absolute atomic E-state index is 12.8. The second-order valence-electron chi connectivity index (χ2n) is 11.5. The lowest BCUT2D eigenvalue weighted by Gasteiger charge is -2.53. The zero-order chi connectivity index (χ0) is 27.8. The van der Waals surface area contributed by atoms with Crippen molar-refractivity contribution in [2.45, 2.75) is 89.0 Å². The maximum atomic E-state index is 12.8. The summed E-state index contributed by atoms with van der Waals surface area (Å²) in [7, 11) is 0. The zero-order valence-corrected chi connectivity index (χ0v) is 22.5. The van der Waals surface area contributed by atoms with Crippen LogP contribution in [-0.2, 0) is 30.5 Å². The number of carbonyl (C=O) groups excluding carboxylic acids is 4. The molecule has 3 amide bonds. The van der Waals surface area contributed by atoms with Gasteiger partial charge in [0.05, 0.1) is 6.04 Å². The van der Waals surface area contributed by atoms with Crippen molar-refractivity contribution in [2.75, 3.05) is 6.54 Å².